The van der Waals surface area contributed by atoms with Crippen molar-refractivity contribution in [3.05, 3.63) is 59.9 Å². The molecule has 0 N–H and O–H groups in total. The number of Topliss-reactive ketones (excluding diaryl/α,β-unsaturated/α-hetero) is 1. The first-order valence-electron chi connectivity index (χ1n) is 13.4. The van der Waals surface area contributed by atoms with Gasteiger partial charge in [-0.2, -0.15) is 12.6 Å². The molecule has 194 valence electrons. The van der Waals surface area contributed by atoms with Gasteiger partial charge in [-0.25, -0.2) is 9.59 Å². The molecular formula is C30H32O6S. The summed E-state index contributed by atoms with van der Waals surface area (Å²) < 4.78 is 17.7. The van der Waals surface area contributed by atoms with Crippen LogP contribution in [0.15, 0.2) is 59.9 Å². The van der Waals surface area contributed by atoms with Gasteiger partial charge < -0.3 is 14.2 Å². The molecule has 0 aromatic rings. The fraction of sp³-hybridized carbons (Fsp3) is 0.567. The van der Waals surface area contributed by atoms with Gasteiger partial charge in [-0.1, -0.05) is 37.5 Å². The van der Waals surface area contributed by atoms with E-state index in [1.54, 1.807) is 0 Å². The Morgan fingerprint density at radius 2 is 1.49 bits per heavy atom. The summed E-state index contributed by atoms with van der Waals surface area (Å²) in [5, 5.41) is 0. The van der Waals surface area contributed by atoms with Crippen LogP contribution in [-0.4, -0.2) is 40.3 Å². The Balaban J connectivity index is 1.31. The van der Waals surface area contributed by atoms with E-state index in [9.17, 15) is 14.4 Å². The lowest BCUT2D eigenvalue weighted by atomic mass is 9.71. The number of fused-ring (bicyclic) bond motifs is 8. The zero-order valence-corrected chi connectivity index (χ0v) is 21.8. The van der Waals surface area contributed by atoms with E-state index in [1.165, 1.54) is 0 Å². The molecule has 7 heteroatoms. The van der Waals surface area contributed by atoms with Gasteiger partial charge in [0.15, 0.2) is 11.4 Å². The van der Waals surface area contributed by atoms with Crippen molar-refractivity contribution in [2.75, 3.05) is 0 Å². The van der Waals surface area contributed by atoms with Gasteiger partial charge in [0.25, 0.3) is 0 Å². The zero-order valence-electron chi connectivity index (χ0n) is 20.9. The summed E-state index contributed by atoms with van der Waals surface area (Å²) in [6.07, 6.45) is 4.13. The number of allylic oxidation sites excluding steroid dienone is 3. The average Bonchev–Trinajstić information content (AvgIpc) is 3.49. The summed E-state index contributed by atoms with van der Waals surface area (Å²) in [5.41, 5.74) is 3.00. The molecule has 9 atom stereocenters. The smallest absolute Gasteiger partial charge is 0.334 e. The average molecular weight is 521 g/mol. The topological polar surface area (TPSA) is 78.9 Å². The molecule has 6 nitrogen and oxygen atoms in total. The molecule has 3 heterocycles. The first kappa shape index (κ1) is 23.6. The second kappa shape index (κ2) is 7.52. The van der Waals surface area contributed by atoms with Crippen LogP contribution in [0.2, 0.25) is 0 Å². The minimum Gasteiger partial charge on any atom is -0.482 e. The number of carbonyl (C=O) groups is 3. The third kappa shape index (κ3) is 2.76. The second-order valence-electron chi connectivity index (χ2n) is 12.1. The summed E-state index contributed by atoms with van der Waals surface area (Å²) in [6.45, 7) is 16.8. The Kier molecular flexibility index (Phi) is 4.79. The molecule has 0 aromatic heterocycles. The molecular weight excluding hydrogens is 488 g/mol. The van der Waals surface area contributed by atoms with Crippen molar-refractivity contribution in [2.24, 2.45) is 29.6 Å². The minimum absolute atomic E-state index is 0.00104. The Labute approximate surface area is 222 Å². The molecule has 1 spiro atoms. The number of carbonyl (C=O) groups excluding carboxylic acids is 3. The van der Waals surface area contributed by atoms with Crippen molar-refractivity contribution in [1.29, 1.82) is 0 Å². The van der Waals surface area contributed by atoms with Crippen molar-refractivity contribution < 1.29 is 28.6 Å². The summed E-state index contributed by atoms with van der Waals surface area (Å²) in [7, 11) is 0. The van der Waals surface area contributed by atoms with E-state index in [4.69, 9.17) is 26.8 Å². The molecule has 0 unspecified atom stereocenters. The highest BCUT2D eigenvalue weighted by Gasteiger charge is 2.74. The largest absolute Gasteiger partial charge is 0.482 e. The molecule has 0 radical (unpaired) electrons. The molecule has 3 aliphatic heterocycles. The van der Waals surface area contributed by atoms with Crippen LogP contribution < -0.4 is 0 Å². The maximum Gasteiger partial charge on any atom is 0.334 e. The third-order valence-electron chi connectivity index (χ3n) is 10.7. The van der Waals surface area contributed by atoms with Gasteiger partial charge in [-0.05, 0) is 50.0 Å². The van der Waals surface area contributed by atoms with E-state index < -0.39 is 22.4 Å². The van der Waals surface area contributed by atoms with Gasteiger partial charge in [0.1, 0.15) is 17.0 Å². The van der Waals surface area contributed by atoms with Crippen LogP contribution in [0.4, 0.5) is 0 Å². The normalized spacial score (nSPS) is 46.5. The standard InChI is InChI=1S/C30H32O6S/c1-13-5-7-17-15(3)27(32)34-25(17)24-19-9-10-29(36-22(19)11-20(13)24)23(31)12-21-14(2)6-8-18-16(4)28(33)35-26(18)30(21,29)37/h17-18,20-21,24-26,37H,1-12H2/t17-,18-,20-,21-,24-,25-,26-,29+,30+/m0/s1. The van der Waals surface area contributed by atoms with E-state index >= 15 is 0 Å². The molecule has 7 aliphatic rings. The number of hydrogen-bond acceptors (Lipinski definition) is 7. The van der Waals surface area contributed by atoms with Crippen molar-refractivity contribution in [2.45, 2.75) is 73.9 Å². The van der Waals surface area contributed by atoms with E-state index in [2.05, 4.69) is 26.3 Å². The van der Waals surface area contributed by atoms with Crippen molar-refractivity contribution in [1.82, 2.24) is 0 Å². The Morgan fingerprint density at radius 3 is 2.27 bits per heavy atom. The lowest BCUT2D eigenvalue weighted by molar-refractivity contribution is -0.154. The quantitative estimate of drug-likeness (QED) is 0.218. The van der Waals surface area contributed by atoms with Crippen LogP contribution in [0.5, 0.6) is 0 Å². The summed E-state index contributed by atoms with van der Waals surface area (Å²) in [4.78, 5) is 39.0. The van der Waals surface area contributed by atoms with Crippen molar-refractivity contribution >= 4 is 30.4 Å². The van der Waals surface area contributed by atoms with Gasteiger partial charge in [0, 0.05) is 47.7 Å². The molecule has 4 aliphatic carbocycles. The summed E-state index contributed by atoms with van der Waals surface area (Å²) in [6, 6.07) is 0. The van der Waals surface area contributed by atoms with Gasteiger partial charge in [0.05, 0.1) is 5.76 Å². The number of ether oxygens (including phenoxy) is 3. The number of hydrogen-bond donors (Lipinski definition) is 1. The molecule has 37 heavy (non-hydrogen) atoms. The van der Waals surface area contributed by atoms with Crippen LogP contribution in [0.1, 0.15) is 51.4 Å². The maximum atomic E-state index is 13.9. The fourth-order valence-electron chi connectivity index (χ4n) is 8.73. The monoisotopic (exact) mass is 520 g/mol. The van der Waals surface area contributed by atoms with Crippen LogP contribution in [0.3, 0.4) is 0 Å². The van der Waals surface area contributed by atoms with Crippen LogP contribution >= 0.6 is 12.6 Å². The van der Waals surface area contributed by atoms with Crippen molar-refractivity contribution in [3.63, 3.8) is 0 Å². The van der Waals surface area contributed by atoms with Crippen LogP contribution in [0.25, 0.3) is 0 Å². The molecule has 2 saturated heterocycles. The Bertz CT molecular complexity index is 1270. The predicted octanol–water partition coefficient (Wildman–Crippen LogP) is 4.58. The lowest BCUT2D eigenvalue weighted by Crippen LogP contribution is -2.62. The third-order valence-corrected chi connectivity index (χ3v) is 11.6. The Morgan fingerprint density at radius 1 is 0.811 bits per heavy atom. The number of ketones is 1. The van der Waals surface area contributed by atoms with E-state index in [1.807, 2.05) is 0 Å². The van der Waals surface area contributed by atoms with Crippen LogP contribution in [0, 0.1) is 29.6 Å². The highest BCUT2D eigenvalue weighted by molar-refractivity contribution is 7.82. The SMILES string of the molecule is C=C1C(=O)O[C@@H]2[C@H]3C4=C(C[C@H]3C(=C)CC[C@@H]12)O[C@]1(CC4)C(=O)C[C@H]2C(=C)CC[C@H]3C(=C)C(=O)O[C@@H]3[C@]21S. The predicted molar refractivity (Wildman–Crippen MR) is 138 cm³/mol. The minimum atomic E-state index is -1.22. The molecule has 5 fully saturated rings. The molecule has 0 amide bonds. The molecule has 7 rings (SSSR count). The second-order valence-corrected chi connectivity index (χ2v) is 12.8. The van der Waals surface area contributed by atoms with E-state index in [-0.39, 0.29) is 53.9 Å². The summed E-state index contributed by atoms with van der Waals surface area (Å²) >= 11 is 5.28. The Hall–Kier alpha value is -2.54. The number of thiol groups is 1. The van der Waals surface area contributed by atoms with Crippen LogP contribution in [-0.2, 0) is 28.6 Å². The van der Waals surface area contributed by atoms with Crippen molar-refractivity contribution in [3.8, 4) is 0 Å². The highest BCUT2D eigenvalue weighted by atomic mass is 32.1. The number of esters is 2. The number of rotatable bonds is 0. The summed E-state index contributed by atoms with van der Waals surface area (Å²) in [5.74, 6) is -0.320. The molecule has 3 saturated carbocycles. The first-order valence-corrected chi connectivity index (χ1v) is 13.8. The maximum absolute atomic E-state index is 13.9. The van der Waals surface area contributed by atoms with E-state index in [0.29, 0.717) is 43.3 Å². The molecule has 0 aromatic carbocycles. The van der Waals surface area contributed by atoms with Gasteiger partial charge in [0.2, 0.25) is 0 Å². The zero-order chi connectivity index (χ0) is 26.0. The highest BCUT2D eigenvalue weighted by Crippen LogP contribution is 2.65. The molecule has 0 bridgehead atoms. The van der Waals surface area contributed by atoms with Gasteiger partial charge in [-0.15, -0.1) is 0 Å². The van der Waals surface area contributed by atoms with Gasteiger partial charge >= 0.3 is 11.9 Å². The fourth-order valence-corrected chi connectivity index (χ4v) is 9.52. The first-order chi connectivity index (χ1) is 17.6. The van der Waals surface area contributed by atoms with Gasteiger partial charge in [-0.3, -0.25) is 4.79 Å². The van der Waals surface area contributed by atoms with E-state index in [0.717, 1.165) is 35.3 Å². The lowest BCUT2D eigenvalue weighted by Gasteiger charge is -2.49.